The van der Waals surface area contributed by atoms with E-state index in [0.717, 1.165) is 25.9 Å². The van der Waals surface area contributed by atoms with Crippen molar-refractivity contribution in [3.8, 4) is 17.9 Å². The van der Waals surface area contributed by atoms with Gasteiger partial charge in [-0.1, -0.05) is 0 Å². The van der Waals surface area contributed by atoms with E-state index in [2.05, 4.69) is 43.5 Å². The molecule has 2 aliphatic heterocycles. The molecule has 3 aliphatic rings. The van der Waals surface area contributed by atoms with Crippen LogP contribution in [0.25, 0.3) is 5.52 Å². The predicted octanol–water partition coefficient (Wildman–Crippen LogP) is 2.09. The third-order valence-electron chi connectivity index (χ3n) is 8.32. The van der Waals surface area contributed by atoms with E-state index in [1.165, 1.54) is 23.0 Å². The van der Waals surface area contributed by atoms with Gasteiger partial charge in [-0.05, 0) is 0 Å². The van der Waals surface area contributed by atoms with E-state index in [4.69, 9.17) is 4.74 Å². The second-order valence-corrected chi connectivity index (χ2v) is 14.5. The fourth-order valence-electron chi connectivity index (χ4n) is 5.72. The zero-order valence-corrected chi connectivity index (χ0v) is 25.7. The van der Waals surface area contributed by atoms with E-state index in [9.17, 15) is 23.2 Å². The summed E-state index contributed by atoms with van der Waals surface area (Å²) in [5, 5.41) is 15.8. The molecule has 14 heteroatoms. The number of anilines is 1. The molecule has 1 saturated carbocycles. The van der Waals surface area contributed by atoms with Crippen LogP contribution in [0.1, 0.15) is 49.5 Å². The number of alkyl halides is 3. The zero-order chi connectivity index (χ0) is 30.6. The Hall–Kier alpha value is -3.55. The molecule has 3 aromatic heterocycles. The summed E-state index contributed by atoms with van der Waals surface area (Å²) in [6.07, 6.45) is 7.84. The number of fused-ring (bicyclic) bond motifs is 2. The normalized spacial score (nSPS) is 23.0. The number of aromatic nitrogens is 4. The average molecular weight is 660 g/mol. The zero-order valence-electron chi connectivity index (χ0n) is 24.0. The van der Waals surface area contributed by atoms with Crippen LogP contribution in [-0.4, -0.2) is 93.9 Å². The maximum absolute atomic E-state index is 13.7. The standard InChI is InChI=1S/C29H31F3N8O2Se/c1-26(2,3)40-14-20(13-36-40)24(41)35-7-4-5-19-11-22-23(34-8-10-39(22)25(19)43-29(30,31)32)37-28-6-9-38(15-21(28)12-28)27(16-33)17-42-18-27/h8,10-11,13-14,21H,6-7,9,12,15,17-18H2,1-3H3,(H,34,37)(H,35,41). The van der Waals surface area contributed by atoms with Crippen molar-refractivity contribution in [2.75, 3.05) is 38.2 Å². The van der Waals surface area contributed by atoms with Gasteiger partial charge in [0.2, 0.25) is 0 Å². The Labute approximate surface area is 253 Å². The van der Waals surface area contributed by atoms with Gasteiger partial charge in [0, 0.05) is 0 Å². The van der Waals surface area contributed by atoms with Gasteiger partial charge in [-0.15, -0.1) is 0 Å². The Bertz CT molecular complexity index is 1670. The molecule has 5 heterocycles. The Morgan fingerprint density at radius 2 is 2.09 bits per heavy atom. The van der Waals surface area contributed by atoms with Crippen LogP contribution in [0.5, 0.6) is 0 Å². The maximum atomic E-state index is 13.7. The summed E-state index contributed by atoms with van der Waals surface area (Å²) in [4.78, 5) is 19.3. The number of hydrogen-bond acceptors (Lipinski definition) is 7. The SMILES string of the molecule is CC(C)(C)n1cc(C(=O)NCC#Cc2cc3c(NC45CCN(C6(C#N)COC6)CC4C5)nccn3c2[Se]C(F)(F)F)cn1. The van der Waals surface area contributed by atoms with Gasteiger partial charge in [-0.2, -0.15) is 0 Å². The fraction of sp³-hybridized carbons (Fsp3) is 0.517. The molecule has 0 aromatic carbocycles. The molecule has 10 nitrogen and oxygen atoms in total. The monoisotopic (exact) mass is 660 g/mol. The Kier molecular flexibility index (Phi) is 7.25. The van der Waals surface area contributed by atoms with Crippen LogP contribution in [0.4, 0.5) is 19.0 Å². The van der Waals surface area contributed by atoms with Gasteiger partial charge in [0.05, 0.1) is 0 Å². The van der Waals surface area contributed by atoms with Crippen molar-refractivity contribution < 1.29 is 22.7 Å². The van der Waals surface area contributed by atoms with Crippen molar-refractivity contribution in [3.63, 3.8) is 0 Å². The molecule has 3 aromatic rings. The number of hydrogen-bond donors (Lipinski definition) is 2. The number of rotatable bonds is 6. The average Bonchev–Trinajstić information content (AvgIpc) is 3.22. The summed E-state index contributed by atoms with van der Waals surface area (Å²) in [5.41, 5.74) is 0.117. The van der Waals surface area contributed by atoms with Crippen LogP contribution in [0, 0.1) is 29.1 Å². The Morgan fingerprint density at radius 3 is 2.72 bits per heavy atom. The number of ether oxygens (including phenoxy) is 1. The van der Waals surface area contributed by atoms with Gasteiger partial charge in [-0.25, -0.2) is 0 Å². The van der Waals surface area contributed by atoms with Gasteiger partial charge in [0.1, 0.15) is 0 Å². The van der Waals surface area contributed by atoms with E-state index in [0.29, 0.717) is 36.0 Å². The summed E-state index contributed by atoms with van der Waals surface area (Å²) < 4.78 is 49.6. The molecule has 0 bridgehead atoms. The van der Waals surface area contributed by atoms with Gasteiger partial charge < -0.3 is 0 Å². The molecular weight excluding hydrogens is 628 g/mol. The van der Waals surface area contributed by atoms with Crippen LogP contribution in [0.15, 0.2) is 30.9 Å². The molecule has 2 unspecified atom stereocenters. The van der Waals surface area contributed by atoms with E-state index < -0.39 is 25.6 Å². The number of halogens is 3. The van der Waals surface area contributed by atoms with Crippen LogP contribution >= 0.6 is 0 Å². The van der Waals surface area contributed by atoms with Crippen LogP contribution < -0.4 is 15.2 Å². The number of carbonyl (C=O) groups is 1. The second-order valence-electron chi connectivity index (χ2n) is 12.3. The van der Waals surface area contributed by atoms with Gasteiger partial charge in [0.15, 0.2) is 0 Å². The quantitative estimate of drug-likeness (QED) is 0.308. The van der Waals surface area contributed by atoms with E-state index in [-0.39, 0.29) is 33.7 Å². The first-order chi connectivity index (χ1) is 20.3. The summed E-state index contributed by atoms with van der Waals surface area (Å²) >= 11 is -1.85. The van der Waals surface area contributed by atoms with Crippen molar-refractivity contribution in [2.45, 2.75) is 55.3 Å². The molecule has 6 rings (SSSR count). The molecule has 226 valence electrons. The first kappa shape index (κ1) is 29.5. The molecule has 43 heavy (non-hydrogen) atoms. The van der Waals surface area contributed by atoms with Crippen molar-refractivity contribution in [3.05, 3.63) is 42.0 Å². The van der Waals surface area contributed by atoms with E-state index in [1.54, 1.807) is 16.9 Å². The molecule has 1 aliphatic carbocycles. The molecule has 2 N–H and O–H groups in total. The summed E-state index contributed by atoms with van der Waals surface area (Å²) in [5.74, 6) is 6.13. The third-order valence-corrected chi connectivity index (χ3v) is 10.1. The topological polar surface area (TPSA) is 113 Å². The van der Waals surface area contributed by atoms with Crippen molar-refractivity contribution in [2.24, 2.45) is 5.92 Å². The summed E-state index contributed by atoms with van der Waals surface area (Å²) in [6, 6.07) is 4.05. The van der Waals surface area contributed by atoms with E-state index >= 15 is 0 Å². The van der Waals surface area contributed by atoms with Crippen molar-refractivity contribution in [1.29, 1.82) is 5.26 Å². The Balaban J connectivity index is 1.19. The van der Waals surface area contributed by atoms with Crippen LogP contribution in [-0.2, 0) is 10.3 Å². The molecule has 0 spiro atoms. The molecule has 3 fully saturated rings. The molecular formula is C29H31F3N8O2Se. The number of nitrogens with zero attached hydrogens (tertiary/aromatic N) is 6. The van der Waals surface area contributed by atoms with Gasteiger partial charge >= 0.3 is 253 Å². The van der Waals surface area contributed by atoms with Gasteiger partial charge in [-0.3, -0.25) is 0 Å². The molecule has 1 amide bonds. The van der Waals surface area contributed by atoms with Crippen molar-refractivity contribution >= 4 is 36.8 Å². The number of piperidine rings is 1. The second kappa shape index (κ2) is 10.6. The molecule has 0 radical (unpaired) electrons. The van der Waals surface area contributed by atoms with Crippen LogP contribution in [0.3, 0.4) is 0 Å². The third kappa shape index (κ3) is 5.73. The summed E-state index contributed by atoms with van der Waals surface area (Å²) in [7, 11) is 0. The summed E-state index contributed by atoms with van der Waals surface area (Å²) in [6.45, 7) is 8.18. The number of nitriles is 1. The minimum absolute atomic E-state index is 0.0376. The first-order valence-electron chi connectivity index (χ1n) is 13.9. The van der Waals surface area contributed by atoms with Gasteiger partial charge in [0.25, 0.3) is 0 Å². The number of nitrogens with one attached hydrogen (secondary N) is 2. The predicted molar refractivity (Wildman–Crippen MR) is 153 cm³/mol. The molecule has 2 atom stereocenters. The number of amides is 1. The van der Waals surface area contributed by atoms with E-state index in [1.807, 2.05) is 20.8 Å². The first-order valence-corrected chi connectivity index (χ1v) is 15.6. The van der Waals surface area contributed by atoms with Crippen molar-refractivity contribution in [1.82, 2.24) is 29.4 Å². The van der Waals surface area contributed by atoms with Crippen LogP contribution in [0.2, 0.25) is 0 Å². The Morgan fingerprint density at radius 1 is 1.30 bits per heavy atom. The number of likely N-dealkylation sites (tertiary alicyclic amines) is 1. The minimum atomic E-state index is -4.38. The molecule has 2 saturated heterocycles. The fourth-order valence-corrected chi connectivity index (χ4v) is 7.18. The number of carbonyl (C=O) groups excluding carboxylic acids is 1.